The van der Waals surface area contributed by atoms with Crippen molar-refractivity contribution in [2.75, 3.05) is 0 Å². The number of nitrogens with two attached hydrogens (primary N) is 1. The van der Waals surface area contributed by atoms with Gasteiger partial charge in [-0.05, 0) is 24.3 Å². The van der Waals surface area contributed by atoms with Crippen LogP contribution in [-0.4, -0.2) is 0 Å². The molecule has 0 fully saturated rings. The summed E-state index contributed by atoms with van der Waals surface area (Å²) in [6.45, 7) is 0. The second-order valence-corrected chi connectivity index (χ2v) is 5.28. The summed E-state index contributed by atoms with van der Waals surface area (Å²) in [5, 5.41) is 0.185. The van der Waals surface area contributed by atoms with E-state index in [2.05, 4.69) is 15.9 Å². The van der Waals surface area contributed by atoms with Crippen molar-refractivity contribution in [3.05, 3.63) is 68.4 Å². The van der Waals surface area contributed by atoms with Crippen molar-refractivity contribution in [1.82, 2.24) is 0 Å². The smallest absolute Gasteiger partial charge is 0.132 e. The Hall–Kier alpha value is -1.04. The highest BCUT2D eigenvalue weighted by Crippen LogP contribution is 2.29. The van der Waals surface area contributed by atoms with Gasteiger partial charge in [-0.1, -0.05) is 33.6 Å². The Kier molecular flexibility index (Phi) is 4.18. The SMILES string of the molecule is NC(c1ccc(Cl)cc1F)c1c(F)cc(Br)cc1F. The number of benzene rings is 2. The molecule has 2 aromatic rings. The third kappa shape index (κ3) is 2.94. The lowest BCUT2D eigenvalue weighted by Gasteiger charge is -2.15. The molecule has 0 saturated heterocycles. The van der Waals surface area contributed by atoms with E-state index in [0.717, 1.165) is 18.2 Å². The first kappa shape index (κ1) is 14.4. The Morgan fingerprint density at radius 2 is 1.58 bits per heavy atom. The Bertz CT molecular complexity index is 610. The van der Waals surface area contributed by atoms with Gasteiger partial charge in [-0.25, -0.2) is 13.2 Å². The van der Waals surface area contributed by atoms with Crippen molar-refractivity contribution in [1.29, 1.82) is 0 Å². The van der Waals surface area contributed by atoms with Crippen LogP contribution < -0.4 is 5.73 Å². The van der Waals surface area contributed by atoms with Crippen LogP contribution in [0.25, 0.3) is 0 Å². The molecule has 2 N–H and O–H groups in total. The predicted octanol–water partition coefficient (Wildman–Crippen LogP) is 4.57. The van der Waals surface area contributed by atoms with Crippen molar-refractivity contribution >= 4 is 27.5 Å². The van der Waals surface area contributed by atoms with Gasteiger partial charge in [0, 0.05) is 20.6 Å². The van der Waals surface area contributed by atoms with Gasteiger partial charge in [0.15, 0.2) is 0 Å². The van der Waals surface area contributed by atoms with Crippen LogP contribution >= 0.6 is 27.5 Å². The zero-order valence-corrected chi connectivity index (χ0v) is 11.8. The van der Waals surface area contributed by atoms with E-state index in [1.807, 2.05) is 0 Å². The van der Waals surface area contributed by atoms with Crippen LogP contribution in [-0.2, 0) is 0 Å². The van der Waals surface area contributed by atoms with E-state index in [4.69, 9.17) is 17.3 Å². The second-order valence-electron chi connectivity index (χ2n) is 3.93. The molecule has 100 valence electrons. The molecule has 19 heavy (non-hydrogen) atoms. The van der Waals surface area contributed by atoms with E-state index in [9.17, 15) is 13.2 Å². The van der Waals surface area contributed by atoms with E-state index in [1.54, 1.807) is 0 Å². The van der Waals surface area contributed by atoms with Crippen LogP contribution in [0.15, 0.2) is 34.8 Å². The first-order valence-electron chi connectivity index (χ1n) is 5.25. The fourth-order valence-electron chi connectivity index (χ4n) is 1.76. The summed E-state index contributed by atoms with van der Waals surface area (Å²) in [7, 11) is 0. The number of hydrogen-bond acceptors (Lipinski definition) is 1. The summed E-state index contributed by atoms with van der Waals surface area (Å²) < 4.78 is 41.5. The van der Waals surface area contributed by atoms with Gasteiger partial charge in [-0.15, -0.1) is 0 Å². The van der Waals surface area contributed by atoms with Crippen molar-refractivity contribution in [2.24, 2.45) is 5.73 Å². The summed E-state index contributed by atoms with van der Waals surface area (Å²) in [5.74, 6) is -2.39. The fraction of sp³-hybridized carbons (Fsp3) is 0.0769. The highest BCUT2D eigenvalue weighted by molar-refractivity contribution is 9.10. The van der Waals surface area contributed by atoms with E-state index < -0.39 is 23.5 Å². The number of halogens is 5. The summed E-state index contributed by atoms with van der Waals surface area (Å²) >= 11 is 8.58. The largest absolute Gasteiger partial charge is 0.320 e. The Morgan fingerprint density at radius 1 is 1.00 bits per heavy atom. The van der Waals surface area contributed by atoms with Crippen LogP contribution in [0.1, 0.15) is 17.2 Å². The first-order valence-corrected chi connectivity index (χ1v) is 6.42. The van der Waals surface area contributed by atoms with Crippen molar-refractivity contribution in [3.8, 4) is 0 Å². The second kappa shape index (κ2) is 5.53. The van der Waals surface area contributed by atoms with Crippen molar-refractivity contribution in [2.45, 2.75) is 6.04 Å². The monoisotopic (exact) mass is 349 g/mol. The molecule has 2 rings (SSSR count). The molecule has 0 aliphatic rings. The molecule has 1 atom stereocenters. The third-order valence-electron chi connectivity index (χ3n) is 2.65. The van der Waals surface area contributed by atoms with Crippen LogP contribution in [0.2, 0.25) is 5.02 Å². The topological polar surface area (TPSA) is 26.0 Å². The maximum absolute atomic E-state index is 13.8. The van der Waals surface area contributed by atoms with Crippen LogP contribution in [0, 0.1) is 17.5 Å². The van der Waals surface area contributed by atoms with Gasteiger partial charge in [0.2, 0.25) is 0 Å². The normalized spacial score (nSPS) is 12.5. The fourth-order valence-corrected chi connectivity index (χ4v) is 2.32. The quantitative estimate of drug-likeness (QED) is 0.844. The molecule has 0 aliphatic carbocycles. The summed E-state index contributed by atoms with van der Waals surface area (Å²) in [5.41, 5.74) is 5.33. The van der Waals surface area contributed by atoms with Gasteiger partial charge in [-0.3, -0.25) is 0 Å². The molecule has 1 unspecified atom stereocenters. The summed E-state index contributed by atoms with van der Waals surface area (Å²) in [4.78, 5) is 0. The molecule has 0 aromatic heterocycles. The van der Waals surface area contributed by atoms with E-state index in [0.29, 0.717) is 0 Å². The Morgan fingerprint density at radius 3 is 2.11 bits per heavy atom. The van der Waals surface area contributed by atoms with Crippen LogP contribution in [0.5, 0.6) is 0 Å². The maximum Gasteiger partial charge on any atom is 0.132 e. The minimum Gasteiger partial charge on any atom is -0.320 e. The molecule has 0 radical (unpaired) electrons. The molecule has 0 bridgehead atoms. The van der Waals surface area contributed by atoms with Gasteiger partial charge < -0.3 is 5.73 Å². The number of rotatable bonds is 2. The number of hydrogen-bond donors (Lipinski definition) is 1. The van der Waals surface area contributed by atoms with E-state index in [-0.39, 0.29) is 20.6 Å². The minimum atomic E-state index is -1.25. The molecular weight excluding hydrogens is 343 g/mol. The Labute approximate surface area is 121 Å². The molecule has 0 heterocycles. The summed E-state index contributed by atoms with van der Waals surface area (Å²) in [6, 6.07) is 4.67. The van der Waals surface area contributed by atoms with Crippen LogP contribution in [0.4, 0.5) is 13.2 Å². The lowest BCUT2D eigenvalue weighted by atomic mass is 9.98. The molecule has 0 saturated carbocycles. The lowest BCUT2D eigenvalue weighted by molar-refractivity contribution is 0.532. The zero-order valence-electron chi connectivity index (χ0n) is 9.43. The molecule has 0 aliphatic heterocycles. The zero-order chi connectivity index (χ0) is 14.2. The molecule has 0 spiro atoms. The summed E-state index contributed by atoms with van der Waals surface area (Å²) in [6.07, 6.45) is 0. The highest BCUT2D eigenvalue weighted by atomic mass is 79.9. The molecule has 2 aromatic carbocycles. The van der Waals surface area contributed by atoms with Gasteiger partial charge >= 0.3 is 0 Å². The standard InChI is InChI=1S/C13H8BrClF3N/c14-6-3-10(17)12(11(18)4-6)13(19)8-2-1-7(15)5-9(8)16/h1-5,13H,19H2. The van der Waals surface area contributed by atoms with E-state index in [1.165, 1.54) is 12.1 Å². The molecule has 0 amide bonds. The predicted molar refractivity (Wildman–Crippen MR) is 71.5 cm³/mol. The van der Waals surface area contributed by atoms with Crippen molar-refractivity contribution < 1.29 is 13.2 Å². The highest BCUT2D eigenvalue weighted by Gasteiger charge is 2.21. The van der Waals surface area contributed by atoms with Gasteiger partial charge in [0.1, 0.15) is 17.5 Å². The molecule has 6 heteroatoms. The van der Waals surface area contributed by atoms with E-state index >= 15 is 0 Å². The average Bonchev–Trinajstić information content (AvgIpc) is 2.26. The molecular formula is C13H8BrClF3N. The minimum absolute atomic E-state index is 0.0236. The molecule has 1 nitrogen and oxygen atoms in total. The lowest BCUT2D eigenvalue weighted by Crippen LogP contribution is -2.17. The van der Waals surface area contributed by atoms with Crippen molar-refractivity contribution in [3.63, 3.8) is 0 Å². The first-order chi connectivity index (χ1) is 8.90. The Balaban J connectivity index is 2.53. The van der Waals surface area contributed by atoms with Crippen LogP contribution in [0.3, 0.4) is 0 Å². The average molecular weight is 351 g/mol. The van der Waals surface area contributed by atoms with Gasteiger partial charge in [-0.2, -0.15) is 0 Å². The maximum atomic E-state index is 13.8. The van der Waals surface area contributed by atoms with Gasteiger partial charge in [0.05, 0.1) is 6.04 Å². The van der Waals surface area contributed by atoms with Gasteiger partial charge in [0.25, 0.3) is 0 Å². The third-order valence-corrected chi connectivity index (χ3v) is 3.35.